The third kappa shape index (κ3) is 5.47. The lowest BCUT2D eigenvalue weighted by atomic mass is 10.1. The molecule has 102 valence electrons. The molecule has 18 heavy (non-hydrogen) atoms. The minimum absolute atomic E-state index is 0.179. The fraction of sp³-hybridized carbons (Fsp3) is 0.571. The number of halogens is 1. The molecule has 0 spiro atoms. The van der Waals surface area contributed by atoms with Gasteiger partial charge in [0.05, 0.1) is 13.7 Å². The molecule has 1 N–H and O–H groups in total. The van der Waals surface area contributed by atoms with Crippen LogP contribution in [0.5, 0.6) is 5.75 Å². The molecule has 0 saturated heterocycles. The predicted octanol–water partition coefficient (Wildman–Crippen LogP) is 2.39. The minimum atomic E-state index is -0.179. The summed E-state index contributed by atoms with van der Waals surface area (Å²) in [6.45, 7) is 2.54. The molecule has 0 atom stereocenters. The van der Waals surface area contributed by atoms with Gasteiger partial charge >= 0.3 is 0 Å². The van der Waals surface area contributed by atoms with E-state index < -0.39 is 0 Å². The summed E-state index contributed by atoms with van der Waals surface area (Å²) in [6.07, 6.45) is 2.78. The lowest BCUT2D eigenvalue weighted by Crippen LogP contribution is -2.20. The minimum Gasteiger partial charge on any atom is -0.497 e. The van der Waals surface area contributed by atoms with Gasteiger partial charge in [-0.15, -0.1) is 0 Å². The van der Waals surface area contributed by atoms with Crippen molar-refractivity contribution in [3.63, 3.8) is 0 Å². The van der Waals surface area contributed by atoms with Crippen molar-refractivity contribution in [2.45, 2.75) is 19.3 Å². The van der Waals surface area contributed by atoms with E-state index in [1.807, 2.05) is 0 Å². The molecule has 4 heteroatoms. The first-order valence-electron chi connectivity index (χ1n) is 6.30. The molecule has 0 aliphatic rings. The van der Waals surface area contributed by atoms with E-state index in [-0.39, 0.29) is 5.82 Å². The third-order valence-electron chi connectivity index (χ3n) is 2.79. The molecule has 0 aliphatic carbocycles. The van der Waals surface area contributed by atoms with Gasteiger partial charge in [0.2, 0.25) is 0 Å². The number of rotatable bonds is 9. The standard InChI is InChI=1S/C14H22FNO2/c1-17-10-9-16-8-4-3-5-12-6-7-13(18-2)11-14(12)15/h6-7,11,16H,3-5,8-10H2,1-2H3. The van der Waals surface area contributed by atoms with Crippen LogP contribution in [0, 0.1) is 5.82 Å². The zero-order chi connectivity index (χ0) is 13.2. The van der Waals surface area contributed by atoms with Crippen LogP contribution in [0.15, 0.2) is 18.2 Å². The van der Waals surface area contributed by atoms with Crippen LogP contribution in [-0.4, -0.2) is 33.9 Å². The van der Waals surface area contributed by atoms with Gasteiger partial charge in [0.25, 0.3) is 0 Å². The van der Waals surface area contributed by atoms with Crippen LogP contribution in [0.3, 0.4) is 0 Å². The molecule has 0 saturated carbocycles. The quantitative estimate of drug-likeness (QED) is 0.687. The van der Waals surface area contributed by atoms with Gasteiger partial charge in [-0.05, 0) is 37.4 Å². The summed E-state index contributed by atoms with van der Waals surface area (Å²) < 4.78 is 23.5. The molecule has 0 aliphatic heterocycles. The highest BCUT2D eigenvalue weighted by atomic mass is 19.1. The van der Waals surface area contributed by atoms with Gasteiger partial charge in [-0.3, -0.25) is 0 Å². The molecule has 0 bridgehead atoms. The van der Waals surface area contributed by atoms with Crippen molar-refractivity contribution in [1.29, 1.82) is 0 Å². The van der Waals surface area contributed by atoms with E-state index in [1.54, 1.807) is 26.4 Å². The van der Waals surface area contributed by atoms with Gasteiger partial charge in [-0.25, -0.2) is 4.39 Å². The van der Waals surface area contributed by atoms with Crippen molar-refractivity contribution < 1.29 is 13.9 Å². The van der Waals surface area contributed by atoms with Crippen molar-refractivity contribution in [1.82, 2.24) is 5.32 Å². The van der Waals surface area contributed by atoms with Crippen LogP contribution in [0.1, 0.15) is 18.4 Å². The summed E-state index contributed by atoms with van der Waals surface area (Å²) in [4.78, 5) is 0. The number of hydrogen-bond donors (Lipinski definition) is 1. The van der Waals surface area contributed by atoms with Gasteiger partial charge < -0.3 is 14.8 Å². The molecule has 1 aromatic carbocycles. The highest BCUT2D eigenvalue weighted by molar-refractivity contribution is 5.28. The van der Waals surface area contributed by atoms with E-state index >= 15 is 0 Å². The van der Waals surface area contributed by atoms with Gasteiger partial charge in [0, 0.05) is 19.7 Å². The lowest BCUT2D eigenvalue weighted by molar-refractivity contribution is 0.199. The largest absolute Gasteiger partial charge is 0.497 e. The molecule has 0 amide bonds. The van der Waals surface area contributed by atoms with Gasteiger partial charge in [-0.1, -0.05) is 6.07 Å². The maximum atomic E-state index is 13.6. The second-order valence-corrected chi connectivity index (χ2v) is 4.16. The van der Waals surface area contributed by atoms with Crippen LogP contribution in [0.25, 0.3) is 0 Å². The Kier molecular flexibility index (Phi) is 7.37. The zero-order valence-electron chi connectivity index (χ0n) is 11.2. The molecule has 0 fully saturated rings. The molecule has 0 aromatic heterocycles. The normalized spacial score (nSPS) is 10.6. The maximum Gasteiger partial charge on any atom is 0.130 e. The Bertz CT molecular complexity index is 345. The highest BCUT2D eigenvalue weighted by Crippen LogP contribution is 2.17. The molecule has 1 aromatic rings. The second-order valence-electron chi connectivity index (χ2n) is 4.16. The maximum absolute atomic E-state index is 13.6. The first-order valence-corrected chi connectivity index (χ1v) is 6.30. The number of hydrogen-bond acceptors (Lipinski definition) is 3. The molecule has 1 rings (SSSR count). The monoisotopic (exact) mass is 255 g/mol. The topological polar surface area (TPSA) is 30.5 Å². The van der Waals surface area contributed by atoms with Crippen LogP contribution >= 0.6 is 0 Å². The molecule has 0 radical (unpaired) electrons. The Morgan fingerprint density at radius 1 is 1.17 bits per heavy atom. The van der Waals surface area contributed by atoms with E-state index in [9.17, 15) is 4.39 Å². The summed E-state index contributed by atoms with van der Waals surface area (Å²) in [5.41, 5.74) is 0.757. The van der Waals surface area contributed by atoms with Crippen molar-refractivity contribution in [2.24, 2.45) is 0 Å². The average molecular weight is 255 g/mol. The number of ether oxygens (including phenoxy) is 2. The third-order valence-corrected chi connectivity index (χ3v) is 2.79. The molecular formula is C14H22FNO2. The number of nitrogens with one attached hydrogen (secondary N) is 1. The highest BCUT2D eigenvalue weighted by Gasteiger charge is 2.03. The van der Waals surface area contributed by atoms with Crippen LogP contribution in [0.2, 0.25) is 0 Å². The Morgan fingerprint density at radius 2 is 2.00 bits per heavy atom. The lowest BCUT2D eigenvalue weighted by Gasteiger charge is -2.06. The first kappa shape index (κ1) is 14.9. The summed E-state index contributed by atoms with van der Waals surface area (Å²) in [6, 6.07) is 5.04. The average Bonchev–Trinajstić information content (AvgIpc) is 2.39. The first-order chi connectivity index (χ1) is 8.77. The summed E-state index contributed by atoms with van der Waals surface area (Å²) in [5.74, 6) is 0.388. The van der Waals surface area contributed by atoms with E-state index in [1.165, 1.54) is 6.07 Å². The molecule has 3 nitrogen and oxygen atoms in total. The number of aryl methyl sites for hydroxylation is 1. The predicted molar refractivity (Wildman–Crippen MR) is 70.6 cm³/mol. The van der Waals surface area contributed by atoms with E-state index in [0.717, 1.165) is 44.5 Å². The van der Waals surface area contributed by atoms with Crippen molar-refractivity contribution >= 4 is 0 Å². The molecule has 0 unspecified atom stereocenters. The van der Waals surface area contributed by atoms with Crippen LogP contribution in [-0.2, 0) is 11.2 Å². The van der Waals surface area contributed by atoms with Gasteiger partial charge in [0.1, 0.15) is 11.6 Å². The fourth-order valence-corrected chi connectivity index (χ4v) is 1.72. The van der Waals surface area contributed by atoms with E-state index in [2.05, 4.69) is 5.32 Å². The number of benzene rings is 1. The fourth-order valence-electron chi connectivity index (χ4n) is 1.72. The van der Waals surface area contributed by atoms with E-state index in [0.29, 0.717) is 5.75 Å². The number of unbranched alkanes of at least 4 members (excludes halogenated alkanes) is 1. The Labute approximate surface area is 108 Å². The van der Waals surface area contributed by atoms with Crippen molar-refractivity contribution in [3.05, 3.63) is 29.6 Å². The zero-order valence-corrected chi connectivity index (χ0v) is 11.2. The second kappa shape index (κ2) is 8.89. The summed E-state index contributed by atoms with van der Waals surface area (Å²) in [5, 5.41) is 3.27. The summed E-state index contributed by atoms with van der Waals surface area (Å²) >= 11 is 0. The summed E-state index contributed by atoms with van der Waals surface area (Å²) in [7, 11) is 3.23. The van der Waals surface area contributed by atoms with Crippen LogP contribution < -0.4 is 10.1 Å². The SMILES string of the molecule is COCCNCCCCc1ccc(OC)cc1F. The number of methoxy groups -OCH3 is 2. The van der Waals surface area contributed by atoms with Crippen LogP contribution in [0.4, 0.5) is 4.39 Å². The van der Waals surface area contributed by atoms with E-state index in [4.69, 9.17) is 9.47 Å². The molecular weight excluding hydrogens is 233 g/mol. The van der Waals surface area contributed by atoms with Gasteiger partial charge in [0.15, 0.2) is 0 Å². The Balaban J connectivity index is 2.19. The molecule has 0 heterocycles. The van der Waals surface area contributed by atoms with Crippen molar-refractivity contribution in [3.8, 4) is 5.75 Å². The smallest absolute Gasteiger partial charge is 0.130 e. The Hall–Kier alpha value is -1.13. The Morgan fingerprint density at radius 3 is 2.67 bits per heavy atom. The van der Waals surface area contributed by atoms with Gasteiger partial charge in [-0.2, -0.15) is 0 Å². The van der Waals surface area contributed by atoms with Crippen molar-refractivity contribution in [2.75, 3.05) is 33.9 Å².